The summed E-state index contributed by atoms with van der Waals surface area (Å²) in [6, 6.07) is 12.8. The van der Waals surface area contributed by atoms with E-state index >= 15 is 0 Å². The molecular formula is C24H30O5Si. The first-order chi connectivity index (χ1) is 14.1. The first-order valence-electron chi connectivity index (χ1n) is 9.72. The number of esters is 1. The fourth-order valence-corrected chi connectivity index (χ4v) is 3.32. The summed E-state index contributed by atoms with van der Waals surface area (Å²) in [5.74, 6) is 7.08. The van der Waals surface area contributed by atoms with Gasteiger partial charge < -0.3 is 18.6 Å². The number of hydrogen-bond donors (Lipinski definition) is 0. The average molecular weight is 427 g/mol. The zero-order valence-electron chi connectivity index (χ0n) is 18.8. The maximum atomic E-state index is 12.2. The van der Waals surface area contributed by atoms with E-state index in [0.29, 0.717) is 11.3 Å². The van der Waals surface area contributed by atoms with Crippen LogP contribution in [0.3, 0.4) is 0 Å². The van der Waals surface area contributed by atoms with E-state index in [-0.39, 0.29) is 11.8 Å². The van der Waals surface area contributed by atoms with Crippen LogP contribution in [0.25, 0.3) is 0 Å². The number of carbonyl (C=O) groups is 1. The molecule has 0 saturated heterocycles. The van der Waals surface area contributed by atoms with Crippen LogP contribution in [0.5, 0.6) is 11.5 Å². The van der Waals surface area contributed by atoms with E-state index in [0.717, 1.165) is 16.9 Å². The summed E-state index contributed by atoms with van der Waals surface area (Å²) in [6.45, 7) is 10.9. The van der Waals surface area contributed by atoms with Gasteiger partial charge in [-0.25, -0.2) is 4.79 Å². The lowest BCUT2D eigenvalue weighted by Crippen LogP contribution is -2.44. The molecule has 2 rings (SSSR count). The molecule has 30 heavy (non-hydrogen) atoms. The minimum absolute atomic E-state index is 0.00525. The van der Waals surface area contributed by atoms with Crippen molar-refractivity contribution in [3.63, 3.8) is 0 Å². The van der Waals surface area contributed by atoms with E-state index < -0.39 is 14.3 Å². The molecule has 0 fully saturated rings. The maximum absolute atomic E-state index is 12.2. The molecule has 0 saturated carbocycles. The van der Waals surface area contributed by atoms with Crippen molar-refractivity contribution >= 4 is 14.3 Å². The third-order valence-corrected chi connectivity index (χ3v) is 9.45. The molecule has 6 heteroatoms. The van der Waals surface area contributed by atoms with E-state index in [1.165, 1.54) is 7.11 Å². The van der Waals surface area contributed by atoms with Crippen LogP contribution in [0.4, 0.5) is 0 Å². The Morgan fingerprint density at radius 2 is 1.57 bits per heavy atom. The summed E-state index contributed by atoms with van der Waals surface area (Å²) in [6.07, 6.45) is 0. The van der Waals surface area contributed by atoms with Crippen molar-refractivity contribution in [2.45, 2.75) is 38.9 Å². The Kier molecular flexibility index (Phi) is 7.71. The Labute approximate surface area is 180 Å². The van der Waals surface area contributed by atoms with Crippen molar-refractivity contribution in [1.82, 2.24) is 0 Å². The topological polar surface area (TPSA) is 54.0 Å². The van der Waals surface area contributed by atoms with Gasteiger partial charge in [-0.05, 0) is 60.6 Å². The second-order valence-corrected chi connectivity index (χ2v) is 13.1. The number of hydrogen-bond acceptors (Lipinski definition) is 5. The molecule has 0 aliphatic heterocycles. The molecular weight excluding hydrogens is 396 g/mol. The van der Waals surface area contributed by atoms with E-state index in [9.17, 15) is 4.79 Å². The third kappa shape index (κ3) is 6.12. The Morgan fingerprint density at radius 3 is 2.13 bits per heavy atom. The number of methoxy groups -OCH3 is 2. The molecule has 0 N–H and O–H groups in total. The van der Waals surface area contributed by atoms with Crippen molar-refractivity contribution in [1.29, 1.82) is 0 Å². The molecule has 0 spiro atoms. The largest absolute Gasteiger partial charge is 0.543 e. The van der Waals surface area contributed by atoms with Crippen LogP contribution in [-0.4, -0.2) is 35.3 Å². The summed E-state index contributed by atoms with van der Waals surface area (Å²) < 4.78 is 21.6. The predicted molar refractivity (Wildman–Crippen MR) is 121 cm³/mol. The van der Waals surface area contributed by atoms with Gasteiger partial charge in [0.15, 0.2) is 6.79 Å². The maximum Gasteiger partial charge on any atom is 0.341 e. The zero-order chi connectivity index (χ0) is 22.4. The highest BCUT2D eigenvalue weighted by Gasteiger charge is 2.39. The van der Waals surface area contributed by atoms with Crippen molar-refractivity contribution in [2.24, 2.45) is 0 Å². The highest BCUT2D eigenvalue weighted by molar-refractivity contribution is 6.74. The Bertz CT molecular complexity index is 931. The molecule has 2 aromatic carbocycles. The molecule has 0 bridgehead atoms. The molecule has 0 aromatic heterocycles. The van der Waals surface area contributed by atoms with Gasteiger partial charge in [-0.1, -0.05) is 32.6 Å². The molecule has 0 amide bonds. The number of carbonyl (C=O) groups excluding carboxylic acids is 1. The fourth-order valence-electron chi connectivity index (χ4n) is 2.30. The molecule has 0 unspecified atom stereocenters. The summed E-state index contributed by atoms with van der Waals surface area (Å²) in [5, 5.41) is -0.00525. The molecule has 5 nitrogen and oxygen atoms in total. The Balaban J connectivity index is 2.32. The minimum atomic E-state index is -2.14. The average Bonchev–Trinajstić information content (AvgIpc) is 2.70. The molecule has 2 aromatic rings. The molecule has 160 valence electrons. The number of rotatable bonds is 6. The van der Waals surface area contributed by atoms with E-state index in [1.54, 1.807) is 19.2 Å². The predicted octanol–water partition coefficient (Wildman–Crippen LogP) is 5.24. The van der Waals surface area contributed by atoms with Crippen LogP contribution in [0.15, 0.2) is 42.5 Å². The van der Waals surface area contributed by atoms with Gasteiger partial charge in [0.25, 0.3) is 8.32 Å². The normalized spacial score (nSPS) is 11.3. The van der Waals surface area contributed by atoms with Crippen LogP contribution in [0.2, 0.25) is 18.1 Å². The molecule has 0 atom stereocenters. The standard InChI is InChI=1S/C24H30O5Si/c1-24(2,3)30(6,7)29-22-16-19(12-15-21(22)23(25)27-5)9-8-18-10-13-20(14-11-18)28-17-26-4/h10-16H,17H2,1-7H3. The fraction of sp³-hybridized carbons (Fsp3) is 0.375. The Hall–Kier alpha value is -2.75. The van der Waals surface area contributed by atoms with Gasteiger partial charge >= 0.3 is 5.97 Å². The minimum Gasteiger partial charge on any atom is -0.543 e. The first-order valence-corrected chi connectivity index (χ1v) is 12.6. The van der Waals surface area contributed by atoms with Crippen molar-refractivity contribution in [3.8, 4) is 23.3 Å². The van der Waals surface area contributed by atoms with E-state index in [4.69, 9.17) is 18.6 Å². The number of benzene rings is 2. The SMILES string of the molecule is COCOc1ccc(C#Cc2ccc(C(=O)OC)c(O[Si](C)(C)C(C)(C)C)c2)cc1. The molecule has 0 aliphatic rings. The number of ether oxygens (including phenoxy) is 3. The lowest BCUT2D eigenvalue weighted by Gasteiger charge is -2.36. The first kappa shape index (κ1) is 23.5. The van der Waals surface area contributed by atoms with Crippen LogP contribution in [0.1, 0.15) is 42.3 Å². The zero-order valence-corrected chi connectivity index (χ0v) is 19.8. The van der Waals surface area contributed by atoms with Crippen LogP contribution >= 0.6 is 0 Å². The van der Waals surface area contributed by atoms with Crippen LogP contribution in [0, 0.1) is 11.8 Å². The summed E-state index contributed by atoms with van der Waals surface area (Å²) in [4.78, 5) is 12.2. The molecule has 0 heterocycles. The van der Waals surface area contributed by atoms with Gasteiger partial charge in [0, 0.05) is 18.2 Å². The monoisotopic (exact) mass is 426 g/mol. The van der Waals surface area contributed by atoms with Gasteiger partial charge in [0.2, 0.25) is 0 Å². The van der Waals surface area contributed by atoms with E-state index in [2.05, 4.69) is 45.7 Å². The highest BCUT2D eigenvalue weighted by atomic mass is 28.4. The van der Waals surface area contributed by atoms with Crippen molar-refractivity contribution in [2.75, 3.05) is 21.0 Å². The molecule has 0 aliphatic carbocycles. The van der Waals surface area contributed by atoms with Gasteiger partial charge in [0.05, 0.1) is 7.11 Å². The summed E-state index contributed by atoms with van der Waals surface area (Å²) >= 11 is 0. The third-order valence-electron chi connectivity index (χ3n) is 5.11. The summed E-state index contributed by atoms with van der Waals surface area (Å²) in [7, 11) is 0.802. The second kappa shape index (κ2) is 9.83. The Morgan fingerprint density at radius 1 is 0.967 bits per heavy atom. The van der Waals surface area contributed by atoms with Gasteiger partial charge in [-0.15, -0.1) is 0 Å². The van der Waals surface area contributed by atoms with Crippen molar-refractivity contribution < 1.29 is 23.4 Å². The van der Waals surface area contributed by atoms with Gasteiger partial charge in [-0.2, -0.15) is 0 Å². The van der Waals surface area contributed by atoms with E-state index in [1.807, 2.05) is 30.3 Å². The lowest BCUT2D eigenvalue weighted by atomic mass is 10.1. The van der Waals surface area contributed by atoms with Crippen LogP contribution < -0.4 is 9.16 Å². The quantitative estimate of drug-likeness (QED) is 0.274. The van der Waals surface area contributed by atoms with Crippen LogP contribution in [-0.2, 0) is 9.47 Å². The molecule has 0 radical (unpaired) electrons. The van der Waals surface area contributed by atoms with Crippen molar-refractivity contribution in [3.05, 3.63) is 59.2 Å². The van der Waals surface area contributed by atoms with Gasteiger partial charge in [0.1, 0.15) is 17.1 Å². The second-order valence-electron chi connectivity index (χ2n) is 8.39. The smallest absolute Gasteiger partial charge is 0.341 e. The van der Waals surface area contributed by atoms with Gasteiger partial charge in [-0.3, -0.25) is 0 Å². The summed E-state index contributed by atoms with van der Waals surface area (Å²) in [5.41, 5.74) is 2.02. The lowest BCUT2D eigenvalue weighted by molar-refractivity contribution is 0.0511. The highest BCUT2D eigenvalue weighted by Crippen LogP contribution is 2.38.